The average Bonchev–Trinajstić information content (AvgIpc) is 3.53. The van der Waals surface area contributed by atoms with Gasteiger partial charge >= 0.3 is 5.97 Å². The largest absolute Gasteiger partial charge is 0.432 e. The van der Waals surface area contributed by atoms with Gasteiger partial charge in [0.05, 0.1) is 50.7 Å². The lowest BCUT2D eigenvalue weighted by molar-refractivity contribution is -0.358. The lowest BCUT2D eigenvalue weighted by Crippen LogP contribution is -2.69. The van der Waals surface area contributed by atoms with E-state index in [1.54, 1.807) is 0 Å². The molecule has 18 heteroatoms. The Kier molecular flexibility index (Phi) is 13.0. The van der Waals surface area contributed by atoms with Crippen LogP contribution in [0.25, 0.3) is 0 Å². The summed E-state index contributed by atoms with van der Waals surface area (Å²) in [5.74, 6) is -0.768. The number of esters is 1. The summed E-state index contributed by atoms with van der Waals surface area (Å²) < 4.78 is 34.9. The Morgan fingerprint density at radius 2 is 1.44 bits per heavy atom. The number of rotatable bonds is 9. The maximum Gasteiger partial charge on any atom is 0.315 e. The van der Waals surface area contributed by atoms with Crippen molar-refractivity contribution in [2.75, 3.05) is 33.0 Å². The Labute approximate surface area is 374 Å². The Bertz CT molecular complexity index is 1760. The van der Waals surface area contributed by atoms with Crippen molar-refractivity contribution in [1.29, 1.82) is 0 Å². The minimum Gasteiger partial charge on any atom is -0.432 e. The van der Waals surface area contributed by atoms with Crippen LogP contribution in [-0.2, 0) is 33.2 Å². The summed E-state index contributed by atoms with van der Waals surface area (Å²) in [6.07, 6.45) is -11.1. The van der Waals surface area contributed by atoms with Crippen LogP contribution in [-0.4, -0.2) is 181 Å². The quantitative estimate of drug-likeness (QED) is 0.0780. The maximum absolute atomic E-state index is 14.5. The average molecular weight is 915 g/mol. The van der Waals surface area contributed by atoms with Crippen molar-refractivity contribution in [3.8, 4) is 0 Å². The topological polar surface area (TPSA) is 295 Å². The molecule has 7 fully saturated rings. The lowest BCUT2D eigenvalue weighted by atomic mass is 9.33. The van der Waals surface area contributed by atoms with Crippen LogP contribution < -0.4 is 0 Å². The number of hydrogen-bond donors (Lipinski definition) is 11. The van der Waals surface area contributed by atoms with Crippen molar-refractivity contribution in [3.63, 3.8) is 0 Å². The van der Waals surface area contributed by atoms with Crippen molar-refractivity contribution in [2.45, 2.75) is 185 Å². The van der Waals surface area contributed by atoms with Crippen molar-refractivity contribution in [1.82, 2.24) is 0 Å². The third kappa shape index (κ3) is 7.30. The minimum atomic E-state index is -2.02. The molecular formula is C46H74O18. The number of hydrogen-bond acceptors (Lipinski definition) is 18. The second-order valence-electron chi connectivity index (χ2n) is 22.7. The first-order valence-corrected chi connectivity index (χ1v) is 23.3. The number of allylic oxidation sites excluding steroid dienone is 2. The molecule has 0 bridgehead atoms. The molecule has 0 amide bonds. The Balaban J connectivity index is 1.03. The van der Waals surface area contributed by atoms with Gasteiger partial charge in [0.15, 0.2) is 12.6 Å². The number of fused-ring (bicyclic) bond motifs is 7. The highest BCUT2D eigenvalue weighted by Gasteiger charge is 2.71. The van der Waals surface area contributed by atoms with Crippen LogP contribution in [0.3, 0.4) is 0 Å². The fourth-order valence-corrected chi connectivity index (χ4v) is 14.6. The fraction of sp³-hybridized carbons (Fsp3) is 0.935. The highest BCUT2D eigenvalue weighted by Crippen LogP contribution is 2.76. The predicted molar refractivity (Wildman–Crippen MR) is 221 cm³/mol. The van der Waals surface area contributed by atoms with Gasteiger partial charge in [-0.1, -0.05) is 53.2 Å². The third-order valence-corrected chi connectivity index (χ3v) is 18.7. The smallest absolute Gasteiger partial charge is 0.315 e. The third-order valence-electron chi connectivity index (χ3n) is 18.7. The summed E-state index contributed by atoms with van der Waals surface area (Å²) in [6.45, 7) is 10.5. The monoisotopic (exact) mass is 914 g/mol. The molecule has 18 nitrogen and oxygen atoms in total. The molecule has 4 saturated carbocycles. The number of ether oxygens (including phenoxy) is 6. The molecular weight excluding hydrogens is 840 g/mol. The number of aliphatic hydroxyl groups is 11. The zero-order chi connectivity index (χ0) is 46.7. The first-order chi connectivity index (χ1) is 29.9. The molecule has 0 radical (unpaired) electrons. The van der Waals surface area contributed by atoms with E-state index in [0.29, 0.717) is 38.5 Å². The highest BCUT2D eigenvalue weighted by molar-refractivity contribution is 5.79. The maximum atomic E-state index is 14.5. The van der Waals surface area contributed by atoms with E-state index in [2.05, 4.69) is 40.7 Å². The Morgan fingerprint density at radius 3 is 2.09 bits per heavy atom. The standard InChI is InChI=1S/C46H74O18/c1-40(2)11-13-45(39(57)64-36-31(54)29(52)25(51)18-59-36)14-12-43(5)22(23(45)15-40)7-8-28-41(3)16-24(50)35(42(4,19-48)27(41)9-10-44(28,43)6)63-37-32(55)30(53)33(26(17-47)61-37)62-38-34(56)46(58,20-49)21-60-38/h7,23-38,47-56,58H,8-21H2,1-6H3/t23-,24-,25-,26+,27+,28+,29-,30+,31+,32+,33+,34-,35-,36+,37-,38-,41-,42-,43+,44+,45-,46+/m0/s1. The van der Waals surface area contributed by atoms with E-state index in [1.165, 1.54) is 5.57 Å². The molecule has 3 saturated heterocycles. The molecule has 3 heterocycles. The zero-order valence-corrected chi connectivity index (χ0v) is 38.0. The van der Waals surface area contributed by atoms with E-state index >= 15 is 0 Å². The molecule has 5 aliphatic carbocycles. The van der Waals surface area contributed by atoms with Gasteiger partial charge in [-0.15, -0.1) is 0 Å². The molecule has 64 heavy (non-hydrogen) atoms. The summed E-state index contributed by atoms with van der Waals surface area (Å²) in [7, 11) is 0. The molecule has 0 aromatic rings. The predicted octanol–water partition coefficient (Wildman–Crippen LogP) is -0.636. The van der Waals surface area contributed by atoms with E-state index in [9.17, 15) is 61.0 Å². The minimum absolute atomic E-state index is 0.0374. The molecule has 0 aromatic heterocycles. The van der Waals surface area contributed by atoms with E-state index in [1.807, 2.05) is 6.92 Å². The summed E-state index contributed by atoms with van der Waals surface area (Å²) in [5, 5.41) is 118. The SMILES string of the molecule is CC1(C)CC[C@]2(C(=O)O[C@H]3OC[C@H](O)[C@H](O)[C@H]3O)CC[C@]3(C)C(=CC[C@@H]4[C@@]5(C)C[C@H](O)[C@H](O[C@@H]6O[C@H](CO)[C@@H](O[C@@H]7OC[C@](O)(CO)[C@H]7O)[C@H](O)[C@H]6O)[C@@](C)(CO)[C@@H]5CC[C@]43C)[C@@H]2C1. The Morgan fingerprint density at radius 1 is 0.750 bits per heavy atom. The first-order valence-electron chi connectivity index (χ1n) is 23.3. The summed E-state index contributed by atoms with van der Waals surface area (Å²) in [6, 6.07) is 0. The van der Waals surface area contributed by atoms with Crippen molar-refractivity contribution in [2.24, 2.45) is 50.2 Å². The van der Waals surface area contributed by atoms with Crippen LogP contribution in [0.1, 0.15) is 99.3 Å². The number of carbonyl (C=O) groups excluding carboxylic acids is 1. The van der Waals surface area contributed by atoms with Gasteiger partial charge in [0.25, 0.3) is 0 Å². The van der Waals surface area contributed by atoms with E-state index < -0.39 is 128 Å². The van der Waals surface area contributed by atoms with Gasteiger partial charge in [-0.25, -0.2) is 0 Å². The molecule has 0 aromatic carbocycles. The summed E-state index contributed by atoms with van der Waals surface area (Å²) in [5.41, 5.74) is -3.99. The second-order valence-corrected chi connectivity index (χ2v) is 22.7. The molecule has 8 rings (SSSR count). The van der Waals surface area contributed by atoms with Gasteiger partial charge in [0.1, 0.15) is 54.4 Å². The second kappa shape index (κ2) is 16.9. The van der Waals surface area contributed by atoms with Gasteiger partial charge in [-0.3, -0.25) is 4.79 Å². The van der Waals surface area contributed by atoms with E-state index in [4.69, 9.17) is 28.4 Å². The molecule has 0 spiro atoms. The van der Waals surface area contributed by atoms with E-state index in [-0.39, 0.29) is 47.2 Å². The van der Waals surface area contributed by atoms with Crippen LogP contribution in [0, 0.1) is 50.2 Å². The van der Waals surface area contributed by atoms with Gasteiger partial charge in [0.2, 0.25) is 6.29 Å². The summed E-state index contributed by atoms with van der Waals surface area (Å²) >= 11 is 0. The zero-order valence-electron chi connectivity index (χ0n) is 38.0. The molecule has 3 aliphatic heterocycles. The van der Waals surface area contributed by atoms with E-state index in [0.717, 1.165) is 19.3 Å². The summed E-state index contributed by atoms with van der Waals surface area (Å²) in [4.78, 5) is 14.5. The molecule has 22 atom stereocenters. The highest BCUT2D eigenvalue weighted by atomic mass is 16.7. The van der Waals surface area contributed by atoms with Crippen molar-refractivity contribution >= 4 is 5.97 Å². The molecule has 11 N–H and O–H groups in total. The molecule has 0 unspecified atom stereocenters. The number of carbonyl (C=O) groups is 1. The van der Waals surface area contributed by atoms with Gasteiger partial charge in [0, 0.05) is 5.41 Å². The number of aliphatic hydroxyl groups excluding tert-OH is 10. The van der Waals surface area contributed by atoms with Crippen LogP contribution in [0.5, 0.6) is 0 Å². The lowest BCUT2D eigenvalue weighted by Gasteiger charge is -2.72. The van der Waals surface area contributed by atoms with Crippen LogP contribution in [0.2, 0.25) is 0 Å². The van der Waals surface area contributed by atoms with Crippen LogP contribution in [0.15, 0.2) is 11.6 Å². The van der Waals surface area contributed by atoms with Crippen LogP contribution >= 0.6 is 0 Å². The van der Waals surface area contributed by atoms with Crippen LogP contribution in [0.4, 0.5) is 0 Å². The normalized spacial score (nSPS) is 54.7. The van der Waals surface area contributed by atoms with Gasteiger partial charge < -0.3 is 84.6 Å². The van der Waals surface area contributed by atoms with Gasteiger partial charge in [-0.05, 0) is 97.2 Å². The van der Waals surface area contributed by atoms with Gasteiger partial charge in [-0.2, -0.15) is 0 Å². The van der Waals surface area contributed by atoms with Crippen molar-refractivity contribution in [3.05, 3.63) is 11.6 Å². The van der Waals surface area contributed by atoms with Crippen molar-refractivity contribution < 1.29 is 89.4 Å². The molecule has 366 valence electrons. The Hall–Kier alpha value is -1.43. The molecule has 8 aliphatic rings. The first kappa shape index (κ1) is 49.0. The fourth-order valence-electron chi connectivity index (χ4n) is 14.6.